The zero-order valence-corrected chi connectivity index (χ0v) is 9.47. The molecule has 0 saturated heterocycles. The van der Waals surface area contributed by atoms with Crippen LogP contribution in [0.4, 0.5) is 4.39 Å². The van der Waals surface area contributed by atoms with Crippen molar-refractivity contribution in [3.63, 3.8) is 0 Å². The van der Waals surface area contributed by atoms with E-state index in [4.69, 9.17) is 5.53 Å². The van der Waals surface area contributed by atoms with Crippen LogP contribution in [-0.2, 0) is 0 Å². The van der Waals surface area contributed by atoms with Gasteiger partial charge in [-0.3, -0.25) is 4.98 Å². The molecule has 0 atom stereocenters. The summed E-state index contributed by atoms with van der Waals surface area (Å²) >= 11 is 0. The van der Waals surface area contributed by atoms with Crippen LogP contribution in [-0.4, -0.2) is 11.5 Å². The van der Waals surface area contributed by atoms with Crippen molar-refractivity contribution in [2.75, 3.05) is 6.54 Å². The molecular weight excluding hydrogens is 231 g/mol. The molecule has 0 N–H and O–H groups in total. The Kier molecular flexibility index (Phi) is 3.75. The second-order valence-electron chi connectivity index (χ2n) is 3.53. The fraction of sp³-hybridized carbons (Fsp3) is 0.154. The van der Waals surface area contributed by atoms with Crippen LogP contribution in [0.2, 0.25) is 0 Å². The molecule has 0 aliphatic carbocycles. The molecule has 1 heterocycles. The Hall–Kier alpha value is -2.57. The number of azide groups is 1. The predicted molar refractivity (Wildman–Crippen MR) is 67.2 cm³/mol. The average Bonchev–Trinajstić information content (AvgIpc) is 2.39. The number of rotatable bonds is 2. The summed E-state index contributed by atoms with van der Waals surface area (Å²) in [5, 5.41) is 4.20. The maximum absolute atomic E-state index is 13.7. The Morgan fingerprint density at radius 3 is 3.17 bits per heavy atom. The molecule has 0 spiro atoms. The van der Waals surface area contributed by atoms with E-state index in [2.05, 4.69) is 26.9 Å². The summed E-state index contributed by atoms with van der Waals surface area (Å²) in [6.45, 7) is 0.292. The van der Waals surface area contributed by atoms with Gasteiger partial charge in [-0.1, -0.05) is 23.0 Å². The van der Waals surface area contributed by atoms with E-state index < -0.39 is 5.82 Å². The Bertz CT molecular complexity index is 678. The normalized spacial score (nSPS) is 9.39. The van der Waals surface area contributed by atoms with E-state index in [-0.39, 0.29) is 0 Å². The van der Waals surface area contributed by atoms with Gasteiger partial charge in [0, 0.05) is 35.5 Å². The van der Waals surface area contributed by atoms with Gasteiger partial charge >= 0.3 is 0 Å². The van der Waals surface area contributed by atoms with Gasteiger partial charge < -0.3 is 0 Å². The molecule has 0 aliphatic heterocycles. The van der Waals surface area contributed by atoms with E-state index >= 15 is 0 Å². The van der Waals surface area contributed by atoms with Crippen molar-refractivity contribution in [1.82, 2.24) is 4.98 Å². The predicted octanol–water partition coefficient (Wildman–Crippen LogP) is 3.43. The van der Waals surface area contributed by atoms with Crippen molar-refractivity contribution < 1.29 is 4.39 Å². The molecule has 0 radical (unpaired) electrons. The fourth-order valence-corrected chi connectivity index (χ4v) is 1.50. The summed E-state index contributed by atoms with van der Waals surface area (Å²) in [5.74, 6) is 5.10. The standard InChI is InChI=1S/C13H9FN4/c14-12-9-13-11(5-3-6-16-13)8-10(12)4-1-2-7-17-18-15/h3,5-6,8-9H,2,7H2. The van der Waals surface area contributed by atoms with E-state index in [1.54, 1.807) is 18.3 Å². The Labute approximate surface area is 103 Å². The lowest BCUT2D eigenvalue weighted by Crippen LogP contribution is -1.86. The minimum Gasteiger partial charge on any atom is -0.256 e. The molecule has 0 amide bonds. The zero-order valence-electron chi connectivity index (χ0n) is 9.47. The number of fused-ring (bicyclic) bond motifs is 1. The summed E-state index contributed by atoms with van der Waals surface area (Å²) in [4.78, 5) is 6.67. The van der Waals surface area contributed by atoms with Crippen molar-refractivity contribution in [2.45, 2.75) is 6.42 Å². The van der Waals surface area contributed by atoms with Crippen LogP contribution in [0, 0.1) is 17.7 Å². The summed E-state index contributed by atoms with van der Waals surface area (Å²) < 4.78 is 13.7. The van der Waals surface area contributed by atoms with Gasteiger partial charge in [0.1, 0.15) is 5.82 Å². The first-order valence-electron chi connectivity index (χ1n) is 5.35. The minimum absolute atomic E-state index is 0.292. The lowest BCUT2D eigenvalue weighted by Gasteiger charge is -1.98. The quantitative estimate of drug-likeness (QED) is 0.261. The monoisotopic (exact) mass is 240 g/mol. The van der Waals surface area contributed by atoms with Gasteiger partial charge in [-0.15, -0.1) is 0 Å². The number of halogens is 1. The van der Waals surface area contributed by atoms with Crippen molar-refractivity contribution in [1.29, 1.82) is 0 Å². The Morgan fingerprint density at radius 1 is 1.44 bits per heavy atom. The zero-order chi connectivity index (χ0) is 12.8. The molecule has 18 heavy (non-hydrogen) atoms. The molecule has 2 rings (SSSR count). The highest BCUT2D eigenvalue weighted by Crippen LogP contribution is 2.16. The van der Waals surface area contributed by atoms with Crippen LogP contribution in [0.15, 0.2) is 35.6 Å². The number of pyridine rings is 1. The van der Waals surface area contributed by atoms with Crippen molar-refractivity contribution >= 4 is 10.9 Å². The van der Waals surface area contributed by atoms with Crippen LogP contribution in [0.1, 0.15) is 12.0 Å². The molecule has 0 fully saturated rings. The van der Waals surface area contributed by atoms with Crippen molar-refractivity contribution in [2.24, 2.45) is 5.11 Å². The van der Waals surface area contributed by atoms with Crippen molar-refractivity contribution in [3.05, 3.63) is 52.3 Å². The van der Waals surface area contributed by atoms with Gasteiger partial charge in [-0.25, -0.2) is 4.39 Å². The topological polar surface area (TPSA) is 61.7 Å². The fourth-order valence-electron chi connectivity index (χ4n) is 1.50. The highest BCUT2D eigenvalue weighted by Gasteiger charge is 2.02. The molecule has 4 nitrogen and oxygen atoms in total. The number of aromatic nitrogens is 1. The molecule has 5 heteroatoms. The van der Waals surface area contributed by atoms with E-state index in [0.717, 1.165) is 5.39 Å². The highest BCUT2D eigenvalue weighted by atomic mass is 19.1. The summed E-state index contributed by atoms with van der Waals surface area (Å²) in [6.07, 6.45) is 2.03. The average molecular weight is 240 g/mol. The lowest BCUT2D eigenvalue weighted by molar-refractivity contribution is 0.626. The van der Waals surface area contributed by atoms with Crippen LogP contribution < -0.4 is 0 Å². The van der Waals surface area contributed by atoms with Gasteiger partial charge in [0.25, 0.3) is 0 Å². The van der Waals surface area contributed by atoms with E-state index in [1.165, 1.54) is 6.07 Å². The summed E-state index contributed by atoms with van der Waals surface area (Å²) in [5.41, 5.74) is 9.02. The third kappa shape index (κ3) is 2.76. The van der Waals surface area contributed by atoms with Gasteiger partial charge in [-0.2, -0.15) is 0 Å². The maximum Gasteiger partial charge on any atom is 0.141 e. The Morgan fingerprint density at radius 2 is 2.33 bits per heavy atom. The number of hydrogen-bond acceptors (Lipinski definition) is 2. The molecular formula is C13H9FN4. The SMILES string of the molecule is [N-]=[N+]=NCCC#Cc1cc2cccnc2cc1F. The van der Waals surface area contributed by atoms with Gasteiger partial charge in [0.15, 0.2) is 0 Å². The van der Waals surface area contributed by atoms with Gasteiger partial charge in [0.2, 0.25) is 0 Å². The molecule has 1 aromatic heterocycles. The first-order valence-corrected chi connectivity index (χ1v) is 5.35. The molecule has 88 valence electrons. The lowest BCUT2D eigenvalue weighted by atomic mass is 10.1. The first kappa shape index (κ1) is 11.9. The van der Waals surface area contributed by atoms with Gasteiger partial charge in [0.05, 0.1) is 11.1 Å². The summed E-state index contributed by atoms with van der Waals surface area (Å²) in [7, 11) is 0. The number of hydrogen-bond donors (Lipinski definition) is 0. The molecule has 0 unspecified atom stereocenters. The molecule has 2 aromatic rings. The third-order valence-electron chi connectivity index (χ3n) is 2.31. The second kappa shape index (κ2) is 5.67. The number of nitrogens with zero attached hydrogens (tertiary/aromatic N) is 4. The van der Waals surface area contributed by atoms with Gasteiger partial charge in [-0.05, 0) is 17.7 Å². The highest BCUT2D eigenvalue weighted by molar-refractivity contribution is 5.80. The Balaban J connectivity index is 2.27. The first-order chi connectivity index (χ1) is 8.81. The van der Waals surface area contributed by atoms with Crippen LogP contribution >= 0.6 is 0 Å². The second-order valence-corrected chi connectivity index (χ2v) is 3.53. The van der Waals surface area contributed by atoms with Crippen LogP contribution in [0.25, 0.3) is 21.3 Å². The third-order valence-corrected chi connectivity index (χ3v) is 2.31. The van der Waals surface area contributed by atoms with Crippen molar-refractivity contribution in [3.8, 4) is 11.8 Å². The molecule has 0 bridgehead atoms. The minimum atomic E-state index is -0.391. The maximum atomic E-state index is 13.7. The van der Waals surface area contributed by atoms with E-state index in [1.807, 2.05) is 6.07 Å². The molecule has 0 aliphatic rings. The summed E-state index contributed by atoms with van der Waals surface area (Å²) in [6, 6.07) is 6.68. The van der Waals surface area contributed by atoms with E-state index in [0.29, 0.717) is 24.0 Å². The van der Waals surface area contributed by atoms with Crippen LogP contribution in [0.3, 0.4) is 0 Å². The molecule has 0 saturated carbocycles. The largest absolute Gasteiger partial charge is 0.256 e. The molecule has 1 aromatic carbocycles. The smallest absolute Gasteiger partial charge is 0.141 e. The van der Waals surface area contributed by atoms with Crippen LogP contribution in [0.5, 0.6) is 0 Å². The van der Waals surface area contributed by atoms with E-state index in [9.17, 15) is 4.39 Å². The number of benzene rings is 1.